The molecule has 0 radical (unpaired) electrons. The SMILES string of the molecule is COc1ccc2c(c1)C(O)C(O)(C(=O)N(C)S(=O)(=O)N(C)C)Cn1c-2cc2ccc(C(N)=O)cc21. The van der Waals surface area contributed by atoms with Crippen molar-refractivity contribution in [1.82, 2.24) is 13.2 Å². The van der Waals surface area contributed by atoms with Crippen molar-refractivity contribution in [3.05, 3.63) is 53.6 Å². The van der Waals surface area contributed by atoms with E-state index in [2.05, 4.69) is 0 Å². The highest BCUT2D eigenvalue weighted by atomic mass is 32.2. The lowest BCUT2D eigenvalue weighted by Gasteiger charge is -2.35. The van der Waals surface area contributed by atoms with Crippen LogP contribution in [0.4, 0.5) is 0 Å². The van der Waals surface area contributed by atoms with Crippen LogP contribution >= 0.6 is 0 Å². The molecule has 2 unspecified atom stereocenters. The molecule has 0 saturated carbocycles. The first-order valence-electron chi connectivity index (χ1n) is 10.6. The Bertz CT molecular complexity index is 1460. The Morgan fingerprint density at radius 1 is 1.14 bits per heavy atom. The smallest absolute Gasteiger partial charge is 0.305 e. The quantitative estimate of drug-likeness (QED) is 0.458. The molecular formula is C23H26N4O7S. The Morgan fingerprint density at radius 2 is 1.83 bits per heavy atom. The predicted octanol–water partition coefficient (Wildman–Crippen LogP) is 0.459. The van der Waals surface area contributed by atoms with E-state index in [1.54, 1.807) is 34.9 Å². The Labute approximate surface area is 202 Å². The molecule has 0 fully saturated rings. The van der Waals surface area contributed by atoms with Crippen LogP contribution in [-0.2, 0) is 21.5 Å². The summed E-state index contributed by atoms with van der Waals surface area (Å²) < 4.78 is 33.4. The summed E-state index contributed by atoms with van der Waals surface area (Å²) in [6, 6.07) is 11.4. The maximum absolute atomic E-state index is 13.5. The fraction of sp³-hybridized carbons (Fsp3) is 0.304. The van der Waals surface area contributed by atoms with Crippen LogP contribution in [0.15, 0.2) is 42.5 Å². The van der Waals surface area contributed by atoms with E-state index in [0.717, 1.165) is 11.4 Å². The molecule has 0 saturated heterocycles. The number of aliphatic hydroxyl groups is 2. The number of methoxy groups -OCH3 is 1. The van der Waals surface area contributed by atoms with Crippen molar-refractivity contribution in [3.63, 3.8) is 0 Å². The number of aromatic nitrogens is 1. The van der Waals surface area contributed by atoms with Gasteiger partial charge in [0.2, 0.25) is 5.91 Å². The summed E-state index contributed by atoms with van der Waals surface area (Å²) in [4.78, 5) is 25.3. The standard InChI is InChI=1S/C23H26N4O7S/c1-25(2)35(32,33)26(3)22(30)23(31)12-27-18-10-14(21(24)29)6-5-13(18)9-19(27)16-8-7-15(34-4)11-17(16)20(23)28/h5-11,20,28,31H,12H2,1-4H3,(H2,24,29). The minimum absolute atomic E-state index is 0.174. The van der Waals surface area contributed by atoms with Crippen molar-refractivity contribution in [3.8, 4) is 17.0 Å². The molecule has 0 aliphatic carbocycles. The summed E-state index contributed by atoms with van der Waals surface area (Å²) in [5.41, 5.74) is 4.74. The summed E-state index contributed by atoms with van der Waals surface area (Å²) >= 11 is 0. The van der Waals surface area contributed by atoms with Crippen molar-refractivity contribution < 1.29 is 33.0 Å². The van der Waals surface area contributed by atoms with E-state index < -0.39 is 40.3 Å². The zero-order chi connectivity index (χ0) is 25.9. The van der Waals surface area contributed by atoms with Gasteiger partial charge in [0.05, 0.1) is 13.7 Å². The Hall–Kier alpha value is -3.45. The first kappa shape index (κ1) is 24.7. The second kappa shape index (κ2) is 8.34. The van der Waals surface area contributed by atoms with Gasteiger partial charge in [-0.2, -0.15) is 12.7 Å². The molecule has 1 aliphatic heterocycles. The van der Waals surface area contributed by atoms with Gasteiger partial charge in [-0.05, 0) is 42.0 Å². The van der Waals surface area contributed by atoms with Crippen molar-refractivity contribution in [2.75, 3.05) is 28.3 Å². The molecule has 2 amide bonds. The predicted molar refractivity (Wildman–Crippen MR) is 128 cm³/mol. The highest BCUT2D eigenvalue weighted by Crippen LogP contribution is 2.44. The van der Waals surface area contributed by atoms with Crippen molar-refractivity contribution in [2.24, 2.45) is 5.73 Å². The number of ether oxygens (including phenoxy) is 1. The van der Waals surface area contributed by atoms with Crippen molar-refractivity contribution >= 4 is 32.9 Å². The molecular weight excluding hydrogens is 476 g/mol. The molecule has 2 heterocycles. The van der Waals surface area contributed by atoms with Crippen molar-refractivity contribution in [2.45, 2.75) is 18.2 Å². The molecule has 35 heavy (non-hydrogen) atoms. The fourth-order valence-corrected chi connectivity index (χ4v) is 5.18. The normalized spacial score (nSPS) is 19.7. The van der Waals surface area contributed by atoms with E-state index in [4.69, 9.17) is 10.5 Å². The minimum atomic E-state index is -4.26. The minimum Gasteiger partial charge on any atom is -0.497 e. The van der Waals surface area contributed by atoms with E-state index in [0.29, 0.717) is 32.2 Å². The Morgan fingerprint density at radius 3 is 2.43 bits per heavy atom. The van der Waals surface area contributed by atoms with Crippen molar-refractivity contribution in [1.29, 1.82) is 0 Å². The number of nitrogens with two attached hydrogens (primary N) is 1. The topological polar surface area (TPSA) is 155 Å². The van der Waals surface area contributed by atoms with Gasteiger partial charge in [-0.1, -0.05) is 6.07 Å². The zero-order valence-corrected chi connectivity index (χ0v) is 20.4. The first-order chi connectivity index (χ1) is 16.3. The number of primary amides is 1. The lowest BCUT2D eigenvalue weighted by Crippen LogP contribution is -2.56. The van der Waals surface area contributed by atoms with Crippen LogP contribution in [0.2, 0.25) is 0 Å². The number of fused-ring (bicyclic) bond motifs is 5. The van der Waals surface area contributed by atoms with Gasteiger partial charge < -0.3 is 25.3 Å². The Kier molecular flexibility index (Phi) is 5.88. The van der Waals surface area contributed by atoms with Crippen LogP contribution < -0.4 is 10.5 Å². The molecule has 4 N–H and O–H groups in total. The fourth-order valence-electron chi connectivity index (χ4n) is 4.32. The summed E-state index contributed by atoms with van der Waals surface area (Å²) in [5.74, 6) is -1.52. The number of benzene rings is 2. The number of rotatable bonds is 5. The summed E-state index contributed by atoms with van der Waals surface area (Å²) in [6.45, 7) is -0.502. The number of amides is 2. The van der Waals surface area contributed by atoms with Gasteiger partial charge in [0, 0.05) is 48.9 Å². The van der Waals surface area contributed by atoms with E-state index in [1.165, 1.54) is 33.3 Å². The second-order valence-electron chi connectivity index (χ2n) is 8.60. The van der Waals surface area contributed by atoms with Gasteiger partial charge in [0.25, 0.3) is 5.91 Å². The summed E-state index contributed by atoms with van der Waals surface area (Å²) in [7, 11) is 0.675. The summed E-state index contributed by atoms with van der Waals surface area (Å²) in [5, 5.41) is 23.8. The number of hydrogen-bond donors (Lipinski definition) is 3. The van der Waals surface area contributed by atoms with E-state index in [9.17, 15) is 28.2 Å². The molecule has 12 heteroatoms. The molecule has 1 aliphatic rings. The molecule has 0 bridgehead atoms. The van der Waals surface area contributed by atoms with Gasteiger partial charge in [-0.3, -0.25) is 9.59 Å². The Balaban J connectivity index is 2.02. The number of hydrogen-bond acceptors (Lipinski definition) is 7. The molecule has 4 rings (SSSR count). The number of aliphatic hydroxyl groups excluding tert-OH is 1. The van der Waals surface area contributed by atoms with Gasteiger partial charge in [-0.15, -0.1) is 0 Å². The van der Waals surface area contributed by atoms with Gasteiger partial charge >= 0.3 is 10.2 Å². The third-order valence-electron chi connectivity index (χ3n) is 6.33. The molecule has 11 nitrogen and oxygen atoms in total. The molecule has 2 aromatic carbocycles. The van der Waals surface area contributed by atoms with Crippen LogP contribution in [0.25, 0.3) is 22.2 Å². The second-order valence-corrected chi connectivity index (χ2v) is 10.8. The van der Waals surface area contributed by atoms with E-state index >= 15 is 0 Å². The van der Waals surface area contributed by atoms with E-state index in [-0.39, 0.29) is 11.1 Å². The number of carbonyl (C=O) groups is 2. The zero-order valence-electron chi connectivity index (χ0n) is 19.6. The van der Waals surface area contributed by atoms with Gasteiger partial charge in [0.1, 0.15) is 11.9 Å². The highest BCUT2D eigenvalue weighted by Gasteiger charge is 2.51. The third kappa shape index (κ3) is 3.74. The van der Waals surface area contributed by atoms with Gasteiger partial charge in [-0.25, -0.2) is 4.31 Å². The molecule has 2 atom stereocenters. The third-order valence-corrected chi connectivity index (χ3v) is 8.11. The summed E-state index contributed by atoms with van der Waals surface area (Å²) in [6.07, 6.45) is -1.81. The number of carbonyl (C=O) groups excluding carboxylic acids is 2. The monoisotopic (exact) mass is 502 g/mol. The molecule has 0 spiro atoms. The molecule has 1 aromatic heterocycles. The largest absolute Gasteiger partial charge is 0.497 e. The van der Waals surface area contributed by atoms with Crippen LogP contribution in [-0.4, -0.2) is 77.5 Å². The molecule has 186 valence electrons. The highest BCUT2D eigenvalue weighted by molar-refractivity contribution is 7.87. The van der Waals surface area contributed by atoms with Crippen LogP contribution in [0.5, 0.6) is 5.75 Å². The lowest BCUT2D eigenvalue weighted by molar-refractivity contribution is -0.161. The van der Waals surface area contributed by atoms with E-state index in [1.807, 2.05) is 0 Å². The van der Waals surface area contributed by atoms with Crippen LogP contribution in [0.1, 0.15) is 22.0 Å². The maximum atomic E-state index is 13.5. The van der Waals surface area contributed by atoms with Crippen LogP contribution in [0.3, 0.4) is 0 Å². The molecule has 3 aromatic rings. The van der Waals surface area contributed by atoms with Crippen LogP contribution in [0, 0.1) is 0 Å². The average Bonchev–Trinajstić information content (AvgIpc) is 3.14. The first-order valence-corrected chi connectivity index (χ1v) is 11.9. The maximum Gasteiger partial charge on any atom is 0.305 e. The number of likely N-dealkylation sites (N-methyl/N-ethyl adjacent to an activating group) is 1. The lowest BCUT2D eigenvalue weighted by atomic mass is 9.88. The number of nitrogens with zero attached hydrogens (tertiary/aromatic N) is 3. The average molecular weight is 503 g/mol. The van der Waals surface area contributed by atoms with Gasteiger partial charge in [0.15, 0.2) is 5.60 Å².